The standard InChI is InChI=1S/C18H10Cl2N2S/c19-15-7-5-12(6-8-15)18-22-17(11-23-18)14(10-21)9-13-3-1-2-4-16(13)20/h1-9,11H/b14-9-. The molecule has 3 rings (SSSR count). The zero-order chi connectivity index (χ0) is 16.2. The molecule has 0 saturated heterocycles. The zero-order valence-electron chi connectivity index (χ0n) is 11.8. The Morgan fingerprint density at radius 2 is 1.83 bits per heavy atom. The summed E-state index contributed by atoms with van der Waals surface area (Å²) in [5, 5.41) is 13.4. The second-order valence-corrected chi connectivity index (χ2v) is 6.44. The van der Waals surface area contributed by atoms with Gasteiger partial charge in [0.05, 0.1) is 11.3 Å². The quantitative estimate of drug-likeness (QED) is 0.525. The summed E-state index contributed by atoms with van der Waals surface area (Å²) in [5.41, 5.74) is 2.89. The van der Waals surface area contributed by atoms with Crippen LogP contribution in [-0.2, 0) is 0 Å². The average Bonchev–Trinajstić information content (AvgIpc) is 3.04. The van der Waals surface area contributed by atoms with Crippen molar-refractivity contribution in [3.63, 3.8) is 0 Å². The molecule has 0 aliphatic carbocycles. The normalized spacial score (nSPS) is 11.3. The smallest absolute Gasteiger partial charge is 0.124 e. The van der Waals surface area contributed by atoms with Crippen LogP contribution in [0, 0.1) is 11.3 Å². The minimum atomic E-state index is 0.481. The Kier molecular flexibility index (Phi) is 4.78. The molecule has 0 fully saturated rings. The van der Waals surface area contributed by atoms with Crippen LogP contribution in [0.1, 0.15) is 11.3 Å². The number of benzene rings is 2. The van der Waals surface area contributed by atoms with Gasteiger partial charge < -0.3 is 0 Å². The fraction of sp³-hybridized carbons (Fsp3) is 0. The van der Waals surface area contributed by atoms with Crippen LogP contribution in [0.4, 0.5) is 0 Å². The van der Waals surface area contributed by atoms with Crippen LogP contribution in [-0.4, -0.2) is 4.98 Å². The molecule has 0 aliphatic heterocycles. The van der Waals surface area contributed by atoms with Crippen molar-refractivity contribution in [3.8, 4) is 16.6 Å². The topological polar surface area (TPSA) is 36.7 Å². The minimum absolute atomic E-state index is 0.481. The minimum Gasteiger partial charge on any atom is -0.235 e. The molecule has 0 spiro atoms. The van der Waals surface area contributed by atoms with E-state index in [1.165, 1.54) is 11.3 Å². The average molecular weight is 357 g/mol. The van der Waals surface area contributed by atoms with E-state index in [1.54, 1.807) is 12.1 Å². The highest BCUT2D eigenvalue weighted by Gasteiger charge is 2.09. The lowest BCUT2D eigenvalue weighted by atomic mass is 10.1. The van der Waals surface area contributed by atoms with Gasteiger partial charge in [0.15, 0.2) is 0 Å². The van der Waals surface area contributed by atoms with Gasteiger partial charge in [0.1, 0.15) is 11.1 Å². The molecule has 1 heterocycles. The number of allylic oxidation sites excluding steroid dienone is 1. The van der Waals surface area contributed by atoms with Gasteiger partial charge in [-0.3, -0.25) is 0 Å². The molecule has 23 heavy (non-hydrogen) atoms. The maximum Gasteiger partial charge on any atom is 0.124 e. The van der Waals surface area contributed by atoms with E-state index >= 15 is 0 Å². The summed E-state index contributed by atoms with van der Waals surface area (Å²) < 4.78 is 0. The predicted octanol–water partition coefficient (Wildman–Crippen LogP) is 6.18. The molecule has 0 radical (unpaired) electrons. The summed E-state index contributed by atoms with van der Waals surface area (Å²) in [4.78, 5) is 4.55. The number of thiazole rings is 1. The predicted molar refractivity (Wildman–Crippen MR) is 97.5 cm³/mol. The van der Waals surface area contributed by atoms with Crippen LogP contribution < -0.4 is 0 Å². The van der Waals surface area contributed by atoms with Gasteiger partial charge in [0, 0.05) is 21.0 Å². The summed E-state index contributed by atoms with van der Waals surface area (Å²) in [7, 11) is 0. The molecule has 1 aromatic heterocycles. The lowest BCUT2D eigenvalue weighted by Crippen LogP contribution is -1.84. The van der Waals surface area contributed by atoms with E-state index in [0.717, 1.165) is 16.1 Å². The third-order valence-corrected chi connectivity index (χ3v) is 4.68. The molecule has 2 nitrogen and oxygen atoms in total. The Morgan fingerprint density at radius 3 is 2.52 bits per heavy atom. The summed E-state index contributed by atoms with van der Waals surface area (Å²) in [5.74, 6) is 0. The highest BCUT2D eigenvalue weighted by molar-refractivity contribution is 7.13. The van der Waals surface area contributed by atoms with Crippen LogP contribution in [0.3, 0.4) is 0 Å². The van der Waals surface area contributed by atoms with Gasteiger partial charge in [-0.25, -0.2) is 4.98 Å². The molecular weight excluding hydrogens is 347 g/mol. The van der Waals surface area contributed by atoms with Gasteiger partial charge in [0.2, 0.25) is 0 Å². The molecule has 112 valence electrons. The van der Waals surface area contributed by atoms with Gasteiger partial charge in [0.25, 0.3) is 0 Å². The van der Waals surface area contributed by atoms with E-state index in [4.69, 9.17) is 23.2 Å². The summed E-state index contributed by atoms with van der Waals surface area (Å²) in [6.45, 7) is 0. The monoisotopic (exact) mass is 356 g/mol. The molecule has 0 unspecified atom stereocenters. The van der Waals surface area contributed by atoms with Crippen LogP contribution in [0.2, 0.25) is 10.0 Å². The summed E-state index contributed by atoms with van der Waals surface area (Å²) in [6.07, 6.45) is 1.75. The van der Waals surface area contributed by atoms with Gasteiger partial charge >= 0.3 is 0 Å². The van der Waals surface area contributed by atoms with Gasteiger partial charge in [-0.1, -0.05) is 53.5 Å². The number of rotatable bonds is 3. The number of hydrogen-bond donors (Lipinski definition) is 0. The van der Waals surface area contributed by atoms with E-state index in [-0.39, 0.29) is 0 Å². The van der Waals surface area contributed by atoms with Gasteiger partial charge in [-0.05, 0) is 29.8 Å². The van der Waals surface area contributed by atoms with E-state index < -0.39 is 0 Å². The van der Waals surface area contributed by atoms with E-state index in [1.807, 2.05) is 47.8 Å². The first-order valence-corrected chi connectivity index (χ1v) is 8.39. The highest BCUT2D eigenvalue weighted by atomic mass is 35.5. The molecule has 0 N–H and O–H groups in total. The second-order valence-electron chi connectivity index (χ2n) is 4.74. The first-order valence-electron chi connectivity index (χ1n) is 6.75. The van der Waals surface area contributed by atoms with Crippen LogP contribution in [0.15, 0.2) is 53.9 Å². The van der Waals surface area contributed by atoms with Crippen LogP contribution in [0.25, 0.3) is 22.2 Å². The fourth-order valence-electron chi connectivity index (χ4n) is 2.03. The van der Waals surface area contributed by atoms with Crippen molar-refractivity contribution in [2.45, 2.75) is 0 Å². The molecule has 3 aromatic rings. The molecule has 0 bridgehead atoms. The summed E-state index contributed by atoms with van der Waals surface area (Å²) in [6, 6.07) is 17.1. The van der Waals surface area contributed by atoms with Crippen molar-refractivity contribution in [2.24, 2.45) is 0 Å². The first-order chi connectivity index (χ1) is 11.2. The lowest BCUT2D eigenvalue weighted by molar-refractivity contribution is 1.36. The van der Waals surface area contributed by atoms with Crippen molar-refractivity contribution in [3.05, 3.63) is 75.2 Å². The molecule has 2 aromatic carbocycles. The van der Waals surface area contributed by atoms with E-state index in [0.29, 0.717) is 21.3 Å². The fourth-order valence-corrected chi connectivity index (χ4v) is 3.18. The maximum absolute atomic E-state index is 9.43. The van der Waals surface area contributed by atoms with Crippen molar-refractivity contribution < 1.29 is 0 Å². The Labute approximate surface area is 148 Å². The van der Waals surface area contributed by atoms with Gasteiger partial charge in [-0.15, -0.1) is 11.3 Å². The maximum atomic E-state index is 9.43. The lowest BCUT2D eigenvalue weighted by Gasteiger charge is -1.99. The third-order valence-electron chi connectivity index (χ3n) is 3.20. The SMILES string of the molecule is N#C/C(=C/c1ccccc1Cl)c1csc(-c2ccc(Cl)cc2)n1. The first kappa shape index (κ1) is 15.8. The van der Waals surface area contributed by atoms with E-state index in [2.05, 4.69) is 11.1 Å². The highest BCUT2D eigenvalue weighted by Crippen LogP contribution is 2.29. The third kappa shape index (κ3) is 3.62. The van der Waals surface area contributed by atoms with Gasteiger partial charge in [-0.2, -0.15) is 5.26 Å². The summed E-state index contributed by atoms with van der Waals surface area (Å²) >= 11 is 13.5. The number of nitriles is 1. The van der Waals surface area contributed by atoms with Crippen molar-refractivity contribution in [1.29, 1.82) is 5.26 Å². The molecule has 5 heteroatoms. The number of halogens is 2. The van der Waals surface area contributed by atoms with Crippen LogP contribution in [0.5, 0.6) is 0 Å². The second kappa shape index (κ2) is 6.97. The number of nitrogens with zero attached hydrogens (tertiary/aromatic N) is 2. The van der Waals surface area contributed by atoms with Crippen molar-refractivity contribution in [2.75, 3.05) is 0 Å². The molecule has 0 atom stereocenters. The largest absolute Gasteiger partial charge is 0.235 e. The number of aromatic nitrogens is 1. The molecular formula is C18H10Cl2N2S. The Morgan fingerprint density at radius 1 is 1.09 bits per heavy atom. The van der Waals surface area contributed by atoms with Crippen molar-refractivity contribution in [1.82, 2.24) is 4.98 Å². The molecule has 0 saturated carbocycles. The number of hydrogen-bond acceptors (Lipinski definition) is 3. The molecule has 0 aliphatic rings. The Balaban J connectivity index is 1.96. The molecule has 0 amide bonds. The van der Waals surface area contributed by atoms with E-state index in [9.17, 15) is 5.26 Å². The Bertz CT molecular complexity index is 905. The Hall–Kier alpha value is -2.12. The van der Waals surface area contributed by atoms with Crippen molar-refractivity contribution >= 4 is 46.2 Å². The zero-order valence-corrected chi connectivity index (χ0v) is 14.2. The van der Waals surface area contributed by atoms with Crippen LogP contribution >= 0.6 is 34.5 Å².